The number of rotatable bonds is 0. The number of anilines is 1. The topological polar surface area (TPSA) is 12.0 Å². The van der Waals surface area contributed by atoms with E-state index in [2.05, 4.69) is 27.9 Å². The molecule has 70 valence electrons. The van der Waals surface area contributed by atoms with Gasteiger partial charge in [0.1, 0.15) is 5.82 Å². The number of halogens is 2. The summed E-state index contributed by atoms with van der Waals surface area (Å²) in [6.45, 7) is 2.96. The molecular formula is C10H11FIN. The molecular weight excluding hydrogens is 280 g/mol. The summed E-state index contributed by atoms with van der Waals surface area (Å²) < 4.78 is 13.8. The third-order valence-corrected chi connectivity index (χ3v) is 3.66. The lowest BCUT2D eigenvalue weighted by Gasteiger charge is -2.24. The van der Waals surface area contributed by atoms with Crippen LogP contribution in [0.1, 0.15) is 21.5 Å². The lowest BCUT2D eigenvalue weighted by Crippen LogP contribution is -2.16. The van der Waals surface area contributed by atoms with Crippen LogP contribution in [0.5, 0.6) is 0 Å². The van der Waals surface area contributed by atoms with Gasteiger partial charge in [0.05, 0.1) is 0 Å². The summed E-state index contributed by atoms with van der Waals surface area (Å²) in [4.78, 5) is 0. The van der Waals surface area contributed by atoms with Crippen molar-refractivity contribution < 1.29 is 4.39 Å². The van der Waals surface area contributed by atoms with Gasteiger partial charge in [0.2, 0.25) is 0 Å². The van der Waals surface area contributed by atoms with Gasteiger partial charge in [0.25, 0.3) is 0 Å². The molecule has 1 N–H and O–H groups in total. The van der Waals surface area contributed by atoms with Crippen molar-refractivity contribution in [3.63, 3.8) is 0 Å². The fourth-order valence-electron chi connectivity index (χ4n) is 1.71. The fourth-order valence-corrected chi connectivity index (χ4v) is 2.63. The van der Waals surface area contributed by atoms with E-state index >= 15 is 0 Å². The van der Waals surface area contributed by atoms with Crippen molar-refractivity contribution >= 4 is 28.3 Å². The van der Waals surface area contributed by atoms with Gasteiger partial charge in [-0.3, -0.25) is 0 Å². The number of alkyl halides is 1. The van der Waals surface area contributed by atoms with E-state index in [0.717, 1.165) is 29.8 Å². The standard InChI is InChI=1S/C10H11FIN/c1-6-2-3-7(11)9-8(12)4-5-13-10(6)9/h2-3,8,13H,4-5H2,1H3. The molecule has 0 fully saturated rings. The van der Waals surface area contributed by atoms with Gasteiger partial charge in [-0.05, 0) is 25.0 Å². The number of benzene rings is 1. The van der Waals surface area contributed by atoms with Crippen LogP contribution in [0.3, 0.4) is 0 Å². The molecule has 13 heavy (non-hydrogen) atoms. The molecule has 1 aliphatic heterocycles. The van der Waals surface area contributed by atoms with E-state index in [9.17, 15) is 4.39 Å². The maximum atomic E-state index is 13.5. The Labute approximate surface area is 90.9 Å². The number of aryl methyl sites for hydroxylation is 1. The van der Waals surface area contributed by atoms with Crippen molar-refractivity contribution in [2.75, 3.05) is 11.9 Å². The molecule has 2 rings (SSSR count). The summed E-state index contributed by atoms with van der Waals surface area (Å²) in [5, 5.41) is 3.26. The summed E-state index contributed by atoms with van der Waals surface area (Å²) in [7, 11) is 0. The highest BCUT2D eigenvalue weighted by atomic mass is 127. The maximum absolute atomic E-state index is 13.5. The molecule has 0 spiro atoms. The predicted molar refractivity (Wildman–Crippen MR) is 61.0 cm³/mol. The fraction of sp³-hybridized carbons (Fsp3) is 0.400. The summed E-state index contributed by atoms with van der Waals surface area (Å²) in [5.74, 6) is -0.0767. The van der Waals surface area contributed by atoms with Crippen molar-refractivity contribution in [2.45, 2.75) is 17.3 Å². The van der Waals surface area contributed by atoms with Gasteiger partial charge in [0.15, 0.2) is 0 Å². The average Bonchev–Trinajstić information content (AvgIpc) is 2.12. The first-order valence-electron chi connectivity index (χ1n) is 4.37. The van der Waals surface area contributed by atoms with Crippen molar-refractivity contribution in [3.05, 3.63) is 29.1 Å². The molecule has 0 radical (unpaired) electrons. The molecule has 0 aliphatic carbocycles. The number of nitrogens with one attached hydrogen (secondary N) is 1. The van der Waals surface area contributed by atoms with Gasteiger partial charge >= 0.3 is 0 Å². The highest BCUT2D eigenvalue weighted by Crippen LogP contribution is 2.39. The lowest BCUT2D eigenvalue weighted by atomic mass is 9.99. The van der Waals surface area contributed by atoms with Crippen LogP contribution in [0.25, 0.3) is 0 Å². The largest absolute Gasteiger partial charge is 0.384 e. The summed E-state index contributed by atoms with van der Waals surface area (Å²) >= 11 is 2.31. The van der Waals surface area contributed by atoms with Crippen LogP contribution in [0, 0.1) is 12.7 Å². The summed E-state index contributed by atoms with van der Waals surface area (Å²) in [6.07, 6.45) is 1.01. The van der Waals surface area contributed by atoms with E-state index < -0.39 is 0 Å². The number of hydrogen-bond donors (Lipinski definition) is 1. The van der Waals surface area contributed by atoms with Crippen LogP contribution in [0.4, 0.5) is 10.1 Å². The first kappa shape index (κ1) is 9.24. The molecule has 0 saturated carbocycles. The van der Waals surface area contributed by atoms with Gasteiger partial charge in [-0.15, -0.1) is 0 Å². The smallest absolute Gasteiger partial charge is 0.129 e. The molecule has 1 aliphatic rings. The normalized spacial score (nSPS) is 20.7. The van der Waals surface area contributed by atoms with E-state index in [1.165, 1.54) is 0 Å². The molecule has 0 saturated heterocycles. The molecule has 1 nitrogen and oxygen atoms in total. The van der Waals surface area contributed by atoms with Crippen molar-refractivity contribution in [1.29, 1.82) is 0 Å². The second-order valence-electron chi connectivity index (χ2n) is 3.34. The molecule has 1 heterocycles. The SMILES string of the molecule is Cc1ccc(F)c2c1NCCC2I. The first-order chi connectivity index (χ1) is 6.20. The zero-order valence-electron chi connectivity index (χ0n) is 7.40. The van der Waals surface area contributed by atoms with Crippen LogP contribution >= 0.6 is 22.6 Å². The number of hydrogen-bond acceptors (Lipinski definition) is 1. The van der Waals surface area contributed by atoms with E-state index in [0.29, 0.717) is 3.92 Å². The van der Waals surface area contributed by atoms with Crippen molar-refractivity contribution in [2.24, 2.45) is 0 Å². The quantitative estimate of drug-likeness (QED) is 0.570. The van der Waals surface area contributed by atoms with E-state index in [1.54, 1.807) is 6.07 Å². The minimum atomic E-state index is -0.0767. The Morgan fingerprint density at radius 2 is 2.31 bits per heavy atom. The average molecular weight is 291 g/mol. The molecule has 0 aromatic heterocycles. The van der Waals surface area contributed by atoms with Crippen LogP contribution in [-0.2, 0) is 0 Å². The Morgan fingerprint density at radius 1 is 1.54 bits per heavy atom. The Kier molecular flexibility index (Phi) is 2.45. The molecule has 1 unspecified atom stereocenters. The second-order valence-corrected chi connectivity index (χ2v) is 4.84. The monoisotopic (exact) mass is 291 g/mol. The lowest BCUT2D eigenvalue weighted by molar-refractivity contribution is 0.602. The van der Waals surface area contributed by atoms with Crippen LogP contribution in [0.15, 0.2) is 12.1 Å². The van der Waals surface area contributed by atoms with E-state index in [4.69, 9.17) is 0 Å². The van der Waals surface area contributed by atoms with Gasteiger partial charge < -0.3 is 5.32 Å². The Balaban J connectivity index is 2.60. The van der Waals surface area contributed by atoms with Gasteiger partial charge in [0, 0.05) is 21.7 Å². The molecule has 0 bridgehead atoms. The van der Waals surface area contributed by atoms with Crippen LogP contribution in [-0.4, -0.2) is 6.54 Å². The highest BCUT2D eigenvalue weighted by molar-refractivity contribution is 14.1. The van der Waals surface area contributed by atoms with E-state index in [-0.39, 0.29) is 5.82 Å². The zero-order valence-corrected chi connectivity index (χ0v) is 9.56. The van der Waals surface area contributed by atoms with Gasteiger partial charge in [-0.25, -0.2) is 4.39 Å². The minimum Gasteiger partial charge on any atom is -0.384 e. The Morgan fingerprint density at radius 3 is 3.00 bits per heavy atom. The van der Waals surface area contributed by atoms with Crippen molar-refractivity contribution in [3.8, 4) is 0 Å². The second kappa shape index (κ2) is 3.44. The predicted octanol–water partition coefficient (Wildman–Crippen LogP) is 3.43. The van der Waals surface area contributed by atoms with E-state index in [1.807, 2.05) is 13.0 Å². The third-order valence-electron chi connectivity index (χ3n) is 2.41. The summed E-state index contributed by atoms with van der Waals surface area (Å²) in [5.41, 5.74) is 3.00. The Bertz CT molecular complexity index is 338. The third kappa shape index (κ3) is 1.54. The van der Waals surface area contributed by atoms with Crippen LogP contribution in [0.2, 0.25) is 0 Å². The zero-order chi connectivity index (χ0) is 9.42. The molecule has 1 aromatic carbocycles. The highest BCUT2D eigenvalue weighted by Gasteiger charge is 2.22. The Hall–Kier alpha value is -0.320. The first-order valence-corrected chi connectivity index (χ1v) is 5.61. The summed E-state index contributed by atoms with van der Waals surface area (Å²) in [6, 6.07) is 3.39. The van der Waals surface area contributed by atoms with Crippen molar-refractivity contribution in [1.82, 2.24) is 0 Å². The number of fused-ring (bicyclic) bond motifs is 1. The van der Waals surface area contributed by atoms with Gasteiger partial charge in [-0.1, -0.05) is 28.7 Å². The van der Waals surface area contributed by atoms with Gasteiger partial charge in [-0.2, -0.15) is 0 Å². The van der Waals surface area contributed by atoms with Crippen LogP contribution < -0.4 is 5.32 Å². The molecule has 0 amide bonds. The molecule has 1 atom stereocenters. The molecule has 1 aromatic rings. The minimum absolute atomic E-state index is 0.0767. The molecule has 3 heteroatoms. The maximum Gasteiger partial charge on any atom is 0.129 e.